The minimum absolute atomic E-state index is 0.00278. The number of hydrogen-bond acceptors (Lipinski definition) is 5. The van der Waals surface area contributed by atoms with E-state index in [0.717, 1.165) is 33.2 Å². The number of para-hydroxylation sites is 1. The topological polar surface area (TPSA) is 108 Å². The minimum atomic E-state index is -0.463. The maximum atomic E-state index is 14.2. The Balaban J connectivity index is 1.43. The maximum absolute atomic E-state index is 14.2. The Morgan fingerprint density at radius 3 is 2.57 bits per heavy atom. The Morgan fingerprint density at radius 1 is 1.02 bits per heavy atom. The highest BCUT2D eigenvalue weighted by Crippen LogP contribution is 2.42. The molecule has 0 saturated heterocycles. The number of carbonyl (C=O) groups excluding carboxylic acids is 2. The Morgan fingerprint density at radius 2 is 1.80 bits per heavy atom. The summed E-state index contributed by atoms with van der Waals surface area (Å²) in [6.07, 6.45) is 0.301. The minimum Gasteiger partial charge on any atom is -0.456 e. The van der Waals surface area contributed by atoms with E-state index in [-0.39, 0.29) is 37.5 Å². The van der Waals surface area contributed by atoms with Crippen LogP contribution in [-0.4, -0.2) is 39.6 Å². The number of aromatic nitrogens is 1. The van der Waals surface area contributed by atoms with Crippen molar-refractivity contribution in [3.05, 3.63) is 113 Å². The number of hydrogen-bond donors (Lipinski definition) is 3. The summed E-state index contributed by atoms with van der Waals surface area (Å²) >= 11 is 0. The second-order valence-corrected chi connectivity index (χ2v) is 11.2. The largest absolute Gasteiger partial charge is 0.456 e. The van der Waals surface area contributed by atoms with Crippen molar-refractivity contribution in [2.45, 2.75) is 45.4 Å². The molecule has 2 aromatic heterocycles. The molecule has 8 nitrogen and oxygen atoms in total. The van der Waals surface area contributed by atoms with Crippen molar-refractivity contribution in [1.29, 1.82) is 0 Å². The number of pyridine rings is 1. The summed E-state index contributed by atoms with van der Waals surface area (Å²) in [5, 5.41) is 16.7. The molecular formula is C35H33FN4O4. The van der Waals surface area contributed by atoms with E-state index in [1.54, 1.807) is 29.2 Å². The zero-order valence-corrected chi connectivity index (χ0v) is 24.5. The molecule has 224 valence electrons. The van der Waals surface area contributed by atoms with E-state index in [1.807, 2.05) is 68.4 Å². The molecule has 0 bridgehead atoms. The normalized spacial score (nSPS) is 14.2. The molecule has 1 atom stereocenters. The van der Waals surface area contributed by atoms with Gasteiger partial charge in [0.25, 0.3) is 5.91 Å². The number of aliphatic hydroxyl groups is 1. The number of fused-ring (bicyclic) bond motifs is 2. The van der Waals surface area contributed by atoms with Crippen LogP contribution in [0.5, 0.6) is 0 Å². The standard InChI is InChI=1S/C35H33FN4O4/c1-21(2)38-35(43)40-20-26-17-28(34(42)37-19-25-9-3-5-12-27(25)36)39-33(32(26)29(40)14-15-41)24-11-7-10-22(16-24)31-18-23-8-4-6-13-30(23)44-31/h3-13,16-18,21,29,41H,14-15,19-20H2,1-2H3,(H,37,42)(H,38,43)/t29-/m1/s1. The molecule has 1 aliphatic rings. The first kappa shape index (κ1) is 29.1. The molecule has 1 aliphatic heterocycles. The highest BCUT2D eigenvalue weighted by molar-refractivity contribution is 5.94. The summed E-state index contributed by atoms with van der Waals surface area (Å²) in [6.45, 7) is 3.87. The third-order valence-electron chi connectivity index (χ3n) is 7.75. The molecule has 3 N–H and O–H groups in total. The van der Waals surface area contributed by atoms with Crippen molar-refractivity contribution in [3.8, 4) is 22.6 Å². The number of aliphatic hydroxyl groups excluding tert-OH is 1. The van der Waals surface area contributed by atoms with Crippen molar-refractivity contribution in [2.24, 2.45) is 0 Å². The summed E-state index contributed by atoms with van der Waals surface area (Å²) < 4.78 is 20.4. The second-order valence-electron chi connectivity index (χ2n) is 11.2. The number of nitrogens with zero attached hydrogens (tertiary/aromatic N) is 2. The average molecular weight is 593 g/mol. The quantitative estimate of drug-likeness (QED) is 0.189. The average Bonchev–Trinajstić information content (AvgIpc) is 3.62. The van der Waals surface area contributed by atoms with Crippen LogP contribution in [0.3, 0.4) is 0 Å². The van der Waals surface area contributed by atoms with Gasteiger partial charge in [-0.05, 0) is 56.2 Å². The molecule has 3 heterocycles. The smallest absolute Gasteiger partial charge is 0.318 e. The van der Waals surface area contributed by atoms with Gasteiger partial charge in [-0.3, -0.25) is 4.79 Å². The SMILES string of the molecule is CC(C)NC(=O)N1Cc2cc(C(=O)NCc3ccccc3F)nc(-c3cccc(-c4cc5ccccc5o4)c3)c2[C@H]1CCO. The van der Waals surface area contributed by atoms with Gasteiger partial charge in [-0.2, -0.15) is 0 Å². The van der Waals surface area contributed by atoms with Crippen LogP contribution in [0, 0.1) is 5.82 Å². The van der Waals surface area contributed by atoms with Gasteiger partial charge in [-0.1, -0.05) is 54.6 Å². The first-order chi connectivity index (χ1) is 21.3. The molecule has 3 aromatic carbocycles. The second kappa shape index (κ2) is 12.3. The van der Waals surface area contributed by atoms with Gasteiger partial charge in [0, 0.05) is 53.4 Å². The molecular weight excluding hydrogens is 559 g/mol. The number of rotatable bonds is 8. The number of benzene rings is 3. The fourth-order valence-electron chi connectivity index (χ4n) is 5.71. The third kappa shape index (κ3) is 5.78. The number of halogens is 1. The first-order valence-corrected chi connectivity index (χ1v) is 14.6. The van der Waals surface area contributed by atoms with Gasteiger partial charge in [0.1, 0.15) is 22.9 Å². The summed E-state index contributed by atoms with van der Waals surface area (Å²) in [4.78, 5) is 33.2. The first-order valence-electron chi connectivity index (χ1n) is 14.6. The zero-order valence-electron chi connectivity index (χ0n) is 24.5. The lowest BCUT2D eigenvalue weighted by Gasteiger charge is -2.26. The van der Waals surface area contributed by atoms with E-state index in [2.05, 4.69) is 10.6 Å². The van der Waals surface area contributed by atoms with E-state index in [4.69, 9.17) is 9.40 Å². The lowest BCUT2D eigenvalue weighted by molar-refractivity contribution is 0.0945. The van der Waals surface area contributed by atoms with Gasteiger partial charge < -0.3 is 25.1 Å². The number of nitrogens with one attached hydrogen (secondary N) is 2. The van der Waals surface area contributed by atoms with Gasteiger partial charge in [0.15, 0.2) is 0 Å². The fraction of sp³-hybridized carbons (Fsp3) is 0.229. The molecule has 44 heavy (non-hydrogen) atoms. The Hall–Kier alpha value is -5.02. The summed E-state index contributed by atoms with van der Waals surface area (Å²) in [5.74, 6) is -0.181. The van der Waals surface area contributed by atoms with Gasteiger partial charge >= 0.3 is 6.03 Å². The predicted molar refractivity (Wildman–Crippen MR) is 166 cm³/mol. The van der Waals surface area contributed by atoms with Gasteiger partial charge in [0.05, 0.1) is 11.7 Å². The molecule has 0 radical (unpaired) electrons. The van der Waals surface area contributed by atoms with Crippen molar-refractivity contribution in [2.75, 3.05) is 6.61 Å². The summed E-state index contributed by atoms with van der Waals surface area (Å²) in [6, 6.07) is 24.6. The molecule has 0 saturated carbocycles. The highest BCUT2D eigenvalue weighted by Gasteiger charge is 2.37. The van der Waals surface area contributed by atoms with Gasteiger partial charge in [-0.15, -0.1) is 0 Å². The van der Waals surface area contributed by atoms with E-state index >= 15 is 0 Å². The Labute approximate surface area is 254 Å². The lowest BCUT2D eigenvalue weighted by atomic mass is 9.94. The predicted octanol–water partition coefficient (Wildman–Crippen LogP) is 6.59. The van der Waals surface area contributed by atoms with Crippen LogP contribution in [0.25, 0.3) is 33.6 Å². The highest BCUT2D eigenvalue weighted by atomic mass is 19.1. The van der Waals surface area contributed by atoms with Crippen LogP contribution in [0.2, 0.25) is 0 Å². The van der Waals surface area contributed by atoms with Crippen molar-refractivity contribution in [3.63, 3.8) is 0 Å². The molecule has 6 rings (SSSR count). The number of amides is 3. The molecule has 3 amide bonds. The van der Waals surface area contributed by atoms with Gasteiger partial charge in [0.2, 0.25) is 0 Å². The van der Waals surface area contributed by atoms with Crippen LogP contribution in [0.1, 0.15) is 53.5 Å². The van der Waals surface area contributed by atoms with Crippen LogP contribution >= 0.6 is 0 Å². The summed E-state index contributed by atoms with van der Waals surface area (Å²) in [7, 11) is 0. The molecule has 0 aliphatic carbocycles. The molecule has 5 aromatic rings. The number of furan rings is 1. The molecule has 9 heteroatoms. The van der Waals surface area contributed by atoms with E-state index < -0.39 is 17.8 Å². The van der Waals surface area contributed by atoms with Crippen molar-refractivity contribution >= 4 is 22.9 Å². The molecule has 0 unspecified atom stereocenters. The van der Waals surface area contributed by atoms with E-state index in [0.29, 0.717) is 23.4 Å². The number of urea groups is 1. The van der Waals surface area contributed by atoms with Gasteiger partial charge in [-0.25, -0.2) is 14.2 Å². The summed E-state index contributed by atoms with van der Waals surface area (Å²) in [5.41, 5.74) is 4.93. The monoisotopic (exact) mass is 592 g/mol. The van der Waals surface area contributed by atoms with E-state index in [9.17, 15) is 19.1 Å². The van der Waals surface area contributed by atoms with Crippen LogP contribution in [-0.2, 0) is 13.1 Å². The Bertz CT molecular complexity index is 1820. The fourth-order valence-corrected chi connectivity index (χ4v) is 5.71. The lowest BCUT2D eigenvalue weighted by Crippen LogP contribution is -2.42. The Kier molecular flexibility index (Phi) is 8.13. The van der Waals surface area contributed by atoms with Crippen LogP contribution < -0.4 is 10.6 Å². The molecule has 0 spiro atoms. The van der Waals surface area contributed by atoms with Crippen LogP contribution in [0.4, 0.5) is 9.18 Å². The van der Waals surface area contributed by atoms with Crippen molar-refractivity contribution in [1.82, 2.24) is 20.5 Å². The van der Waals surface area contributed by atoms with Crippen molar-refractivity contribution < 1.29 is 23.5 Å². The van der Waals surface area contributed by atoms with Crippen LogP contribution in [0.15, 0.2) is 89.3 Å². The van der Waals surface area contributed by atoms with E-state index in [1.165, 1.54) is 6.07 Å². The zero-order chi connectivity index (χ0) is 30.8. The number of carbonyl (C=O) groups is 2. The third-order valence-corrected chi connectivity index (χ3v) is 7.75. The molecule has 0 fully saturated rings. The maximum Gasteiger partial charge on any atom is 0.318 e.